The van der Waals surface area contributed by atoms with E-state index in [1.165, 1.54) is 4.90 Å². The molecule has 2 aromatic rings. The van der Waals surface area contributed by atoms with E-state index >= 15 is 0 Å². The Labute approximate surface area is 146 Å². The van der Waals surface area contributed by atoms with Crippen molar-refractivity contribution in [1.82, 2.24) is 10.2 Å². The SMILES string of the molecule is N#C[C@@H]1CCCN1C(=O)CNC(=O)COc1ccc2ccccc2c1. The highest BCUT2D eigenvalue weighted by molar-refractivity contribution is 5.86. The lowest BCUT2D eigenvalue weighted by atomic mass is 10.1. The Hall–Kier alpha value is -3.07. The van der Waals surface area contributed by atoms with Gasteiger partial charge in [-0.2, -0.15) is 5.26 Å². The number of amides is 2. The van der Waals surface area contributed by atoms with E-state index in [9.17, 15) is 9.59 Å². The third-order valence-electron chi connectivity index (χ3n) is 4.25. The average molecular weight is 337 g/mol. The molecule has 1 heterocycles. The van der Waals surface area contributed by atoms with E-state index in [0.29, 0.717) is 18.7 Å². The number of likely N-dealkylation sites (tertiary alicyclic amines) is 1. The maximum Gasteiger partial charge on any atom is 0.258 e. The summed E-state index contributed by atoms with van der Waals surface area (Å²) in [6.45, 7) is 0.298. The first-order valence-corrected chi connectivity index (χ1v) is 8.25. The molecule has 2 aromatic carbocycles. The molecule has 1 N–H and O–H groups in total. The fourth-order valence-corrected chi connectivity index (χ4v) is 2.93. The van der Waals surface area contributed by atoms with Gasteiger partial charge >= 0.3 is 0 Å². The largest absolute Gasteiger partial charge is 0.484 e. The minimum absolute atomic E-state index is 0.113. The summed E-state index contributed by atoms with van der Waals surface area (Å²) < 4.78 is 5.49. The van der Waals surface area contributed by atoms with E-state index in [1.54, 1.807) is 0 Å². The molecule has 0 saturated carbocycles. The number of hydrogen-bond acceptors (Lipinski definition) is 4. The molecule has 1 atom stereocenters. The average Bonchev–Trinajstić information content (AvgIpc) is 3.13. The summed E-state index contributed by atoms with van der Waals surface area (Å²) in [6.07, 6.45) is 1.52. The van der Waals surface area contributed by atoms with Gasteiger partial charge in [-0.05, 0) is 35.7 Å². The van der Waals surface area contributed by atoms with Crippen LogP contribution in [-0.2, 0) is 9.59 Å². The van der Waals surface area contributed by atoms with Gasteiger partial charge in [-0.15, -0.1) is 0 Å². The molecule has 0 radical (unpaired) electrons. The van der Waals surface area contributed by atoms with Crippen LogP contribution >= 0.6 is 0 Å². The van der Waals surface area contributed by atoms with Gasteiger partial charge in [0.15, 0.2) is 6.61 Å². The van der Waals surface area contributed by atoms with Gasteiger partial charge in [0.05, 0.1) is 12.6 Å². The Morgan fingerprint density at radius 2 is 2.04 bits per heavy atom. The number of fused-ring (bicyclic) bond motifs is 1. The van der Waals surface area contributed by atoms with Crippen LogP contribution in [0.15, 0.2) is 42.5 Å². The molecule has 1 aliphatic heterocycles. The third-order valence-corrected chi connectivity index (χ3v) is 4.25. The third kappa shape index (κ3) is 4.07. The lowest BCUT2D eigenvalue weighted by molar-refractivity contribution is -0.133. The van der Waals surface area contributed by atoms with Gasteiger partial charge in [0, 0.05) is 6.54 Å². The lowest BCUT2D eigenvalue weighted by Gasteiger charge is -2.19. The zero-order chi connectivity index (χ0) is 17.6. The van der Waals surface area contributed by atoms with E-state index < -0.39 is 0 Å². The number of hydrogen-bond donors (Lipinski definition) is 1. The smallest absolute Gasteiger partial charge is 0.258 e. The Kier molecular flexibility index (Phi) is 5.14. The van der Waals surface area contributed by atoms with Gasteiger partial charge in [0.2, 0.25) is 5.91 Å². The number of nitriles is 1. The van der Waals surface area contributed by atoms with Crippen molar-refractivity contribution in [3.05, 3.63) is 42.5 Å². The fourth-order valence-electron chi connectivity index (χ4n) is 2.93. The Morgan fingerprint density at radius 3 is 2.84 bits per heavy atom. The zero-order valence-electron chi connectivity index (χ0n) is 13.8. The molecule has 128 valence electrons. The Balaban J connectivity index is 1.47. The summed E-state index contributed by atoms with van der Waals surface area (Å²) >= 11 is 0. The summed E-state index contributed by atoms with van der Waals surface area (Å²) in [4.78, 5) is 25.5. The van der Waals surface area contributed by atoms with Crippen LogP contribution in [0.1, 0.15) is 12.8 Å². The second-order valence-electron chi connectivity index (χ2n) is 5.95. The lowest BCUT2D eigenvalue weighted by Crippen LogP contribution is -2.43. The van der Waals surface area contributed by atoms with Gasteiger partial charge < -0.3 is 15.0 Å². The molecule has 2 amide bonds. The molecule has 0 unspecified atom stereocenters. The molecule has 1 fully saturated rings. The maximum absolute atomic E-state index is 12.1. The summed E-state index contributed by atoms with van der Waals surface area (Å²) in [7, 11) is 0. The molecule has 1 saturated heterocycles. The van der Waals surface area contributed by atoms with Crippen molar-refractivity contribution in [3.8, 4) is 11.8 Å². The van der Waals surface area contributed by atoms with Crippen LogP contribution in [0, 0.1) is 11.3 Å². The van der Waals surface area contributed by atoms with Crippen LogP contribution in [-0.4, -0.2) is 42.5 Å². The van der Waals surface area contributed by atoms with Crippen LogP contribution in [0.4, 0.5) is 0 Å². The van der Waals surface area contributed by atoms with Gasteiger partial charge in [0.25, 0.3) is 5.91 Å². The number of rotatable bonds is 5. The van der Waals surface area contributed by atoms with Gasteiger partial charge in [-0.1, -0.05) is 30.3 Å². The van der Waals surface area contributed by atoms with Crippen LogP contribution < -0.4 is 10.1 Å². The summed E-state index contributed by atoms with van der Waals surface area (Å²) in [5.74, 6) is 0.00147. The van der Waals surface area contributed by atoms with E-state index in [0.717, 1.165) is 17.2 Å². The van der Waals surface area contributed by atoms with E-state index in [1.807, 2.05) is 42.5 Å². The maximum atomic E-state index is 12.1. The normalized spacial score (nSPS) is 16.4. The van der Waals surface area contributed by atoms with Gasteiger partial charge in [0.1, 0.15) is 11.8 Å². The van der Waals surface area contributed by atoms with E-state index in [2.05, 4.69) is 11.4 Å². The first-order chi connectivity index (χ1) is 12.2. The fraction of sp³-hybridized carbons (Fsp3) is 0.316. The van der Waals surface area contributed by atoms with Crippen LogP contribution in [0.25, 0.3) is 10.8 Å². The molecule has 25 heavy (non-hydrogen) atoms. The van der Waals surface area contributed by atoms with Crippen LogP contribution in [0.2, 0.25) is 0 Å². The number of ether oxygens (including phenoxy) is 1. The van der Waals surface area contributed by atoms with Crippen LogP contribution in [0.3, 0.4) is 0 Å². The number of benzene rings is 2. The molecule has 6 heteroatoms. The summed E-state index contributed by atoms with van der Waals surface area (Å²) in [5, 5.41) is 13.7. The van der Waals surface area contributed by atoms with Crippen molar-refractivity contribution in [3.63, 3.8) is 0 Å². The predicted molar refractivity (Wildman–Crippen MR) is 92.8 cm³/mol. The molecule has 6 nitrogen and oxygen atoms in total. The van der Waals surface area contributed by atoms with Crippen molar-refractivity contribution < 1.29 is 14.3 Å². The van der Waals surface area contributed by atoms with E-state index in [4.69, 9.17) is 10.00 Å². The minimum Gasteiger partial charge on any atom is -0.484 e. The molecular weight excluding hydrogens is 318 g/mol. The number of nitrogens with zero attached hydrogens (tertiary/aromatic N) is 2. The monoisotopic (exact) mass is 337 g/mol. The van der Waals surface area contributed by atoms with E-state index in [-0.39, 0.29) is 31.0 Å². The van der Waals surface area contributed by atoms with Gasteiger partial charge in [-0.3, -0.25) is 9.59 Å². The Morgan fingerprint density at radius 1 is 1.24 bits per heavy atom. The first kappa shape index (κ1) is 16.8. The second kappa shape index (κ2) is 7.67. The quantitative estimate of drug-likeness (QED) is 0.903. The van der Waals surface area contributed by atoms with Crippen molar-refractivity contribution in [2.24, 2.45) is 0 Å². The van der Waals surface area contributed by atoms with Crippen molar-refractivity contribution >= 4 is 22.6 Å². The minimum atomic E-state index is -0.377. The van der Waals surface area contributed by atoms with Crippen molar-refractivity contribution in [2.45, 2.75) is 18.9 Å². The second-order valence-corrected chi connectivity index (χ2v) is 5.95. The van der Waals surface area contributed by atoms with Crippen molar-refractivity contribution in [1.29, 1.82) is 5.26 Å². The zero-order valence-corrected chi connectivity index (χ0v) is 13.8. The number of carbonyl (C=O) groups is 2. The van der Waals surface area contributed by atoms with Gasteiger partial charge in [-0.25, -0.2) is 0 Å². The first-order valence-electron chi connectivity index (χ1n) is 8.25. The molecular formula is C19H19N3O3. The highest BCUT2D eigenvalue weighted by Gasteiger charge is 2.28. The molecule has 1 aliphatic rings. The standard InChI is InChI=1S/C19H19N3O3/c20-11-16-6-3-9-22(16)19(24)12-21-18(23)13-25-17-8-7-14-4-1-2-5-15(14)10-17/h1-2,4-5,7-8,10,16H,3,6,9,12-13H2,(H,21,23)/t16-/m0/s1. The predicted octanol–water partition coefficient (Wildman–Crippen LogP) is 1.85. The molecule has 0 aliphatic carbocycles. The highest BCUT2D eigenvalue weighted by Crippen LogP contribution is 2.20. The number of carbonyl (C=O) groups excluding carboxylic acids is 2. The number of nitrogens with one attached hydrogen (secondary N) is 1. The molecule has 0 bridgehead atoms. The topological polar surface area (TPSA) is 82.4 Å². The highest BCUT2D eigenvalue weighted by atomic mass is 16.5. The summed E-state index contributed by atoms with van der Waals surface area (Å²) in [5.41, 5.74) is 0. The Bertz CT molecular complexity index is 828. The molecule has 0 spiro atoms. The molecule has 3 rings (SSSR count). The van der Waals surface area contributed by atoms with Crippen LogP contribution in [0.5, 0.6) is 5.75 Å². The van der Waals surface area contributed by atoms with Crippen molar-refractivity contribution in [2.75, 3.05) is 19.7 Å². The summed E-state index contributed by atoms with van der Waals surface area (Å²) in [6, 6.07) is 15.2. The molecule has 0 aromatic heterocycles.